The van der Waals surface area contributed by atoms with Crippen LogP contribution in [-0.4, -0.2) is 47.1 Å². The number of carbonyl (C=O) groups is 1. The lowest BCUT2D eigenvalue weighted by Crippen LogP contribution is -2.30. The van der Waals surface area contributed by atoms with Gasteiger partial charge in [0.05, 0.1) is 22.8 Å². The maximum atomic E-state index is 11.9. The number of nitro benzene ring substituents is 1. The zero-order chi connectivity index (χ0) is 15.8. The van der Waals surface area contributed by atoms with E-state index in [0.29, 0.717) is 24.3 Å². The Hall–Kier alpha value is -1.99. The highest BCUT2D eigenvalue weighted by molar-refractivity contribution is 5.92. The second-order valence-electron chi connectivity index (χ2n) is 4.66. The number of rotatable bonds is 8. The summed E-state index contributed by atoms with van der Waals surface area (Å²) >= 11 is 0. The molecule has 0 saturated heterocycles. The standard InChI is InChI=1S/C14H21N3O4/c1-3-16(9-10-18)8-7-14(19)15-12-5-4-6-13(11(12)2)17(20)21/h4-6,18H,3,7-10H2,1-2H3,(H,15,19). The number of amides is 1. The van der Waals surface area contributed by atoms with Gasteiger partial charge in [-0.15, -0.1) is 0 Å². The van der Waals surface area contributed by atoms with Crippen molar-refractivity contribution >= 4 is 17.3 Å². The van der Waals surface area contributed by atoms with Gasteiger partial charge in [0, 0.05) is 25.6 Å². The highest BCUT2D eigenvalue weighted by atomic mass is 16.6. The van der Waals surface area contributed by atoms with Crippen molar-refractivity contribution in [1.82, 2.24) is 4.90 Å². The van der Waals surface area contributed by atoms with Gasteiger partial charge in [-0.25, -0.2) is 0 Å². The van der Waals surface area contributed by atoms with E-state index in [-0.39, 0.29) is 24.6 Å². The smallest absolute Gasteiger partial charge is 0.274 e. The second-order valence-corrected chi connectivity index (χ2v) is 4.66. The molecule has 0 spiro atoms. The average Bonchev–Trinajstić information content (AvgIpc) is 2.45. The van der Waals surface area contributed by atoms with Gasteiger partial charge in [0.2, 0.25) is 5.91 Å². The van der Waals surface area contributed by atoms with Gasteiger partial charge in [0.1, 0.15) is 0 Å². The van der Waals surface area contributed by atoms with Crippen LogP contribution in [0.15, 0.2) is 18.2 Å². The fourth-order valence-electron chi connectivity index (χ4n) is 2.00. The van der Waals surface area contributed by atoms with Gasteiger partial charge in [-0.2, -0.15) is 0 Å². The van der Waals surface area contributed by atoms with E-state index in [2.05, 4.69) is 5.32 Å². The Morgan fingerprint density at radius 2 is 2.14 bits per heavy atom. The number of aliphatic hydroxyl groups excluding tert-OH is 1. The molecule has 0 unspecified atom stereocenters. The van der Waals surface area contributed by atoms with Crippen LogP contribution in [0.25, 0.3) is 0 Å². The molecule has 0 heterocycles. The van der Waals surface area contributed by atoms with Gasteiger partial charge < -0.3 is 15.3 Å². The monoisotopic (exact) mass is 295 g/mol. The van der Waals surface area contributed by atoms with Crippen molar-refractivity contribution in [2.45, 2.75) is 20.3 Å². The van der Waals surface area contributed by atoms with Crippen LogP contribution in [0, 0.1) is 17.0 Å². The first-order chi connectivity index (χ1) is 9.99. The van der Waals surface area contributed by atoms with Crippen LogP contribution in [0.1, 0.15) is 18.9 Å². The first-order valence-corrected chi connectivity index (χ1v) is 6.86. The van der Waals surface area contributed by atoms with Crippen LogP contribution < -0.4 is 5.32 Å². The highest BCUT2D eigenvalue weighted by Crippen LogP contribution is 2.25. The normalized spacial score (nSPS) is 10.7. The minimum Gasteiger partial charge on any atom is -0.395 e. The van der Waals surface area contributed by atoms with Gasteiger partial charge in [0.15, 0.2) is 0 Å². The summed E-state index contributed by atoms with van der Waals surface area (Å²) in [7, 11) is 0. The Morgan fingerprint density at radius 3 is 2.71 bits per heavy atom. The number of nitrogens with one attached hydrogen (secondary N) is 1. The highest BCUT2D eigenvalue weighted by Gasteiger charge is 2.15. The van der Waals surface area contributed by atoms with Gasteiger partial charge in [-0.3, -0.25) is 14.9 Å². The molecule has 7 nitrogen and oxygen atoms in total. The molecule has 0 saturated carbocycles. The summed E-state index contributed by atoms with van der Waals surface area (Å²) in [6.07, 6.45) is 0.274. The molecule has 1 amide bonds. The van der Waals surface area contributed by atoms with Crippen molar-refractivity contribution in [2.24, 2.45) is 0 Å². The quantitative estimate of drug-likeness (QED) is 0.560. The molecule has 0 aromatic heterocycles. The van der Waals surface area contributed by atoms with E-state index >= 15 is 0 Å². The third kappa shape index (κ3) is 5.13. The number of likely N-dealkylation sites (N-methyl/N-ethyl adjacent to an activating group) is 1. The predicted octanol–water partition coefficient (Wildman–Crippen LogP) is 1.55. The number of carbonyl (C=O) groups excluding carboxylic acids is 1. The second kappa shape index (κ2) is 8.33. The zero-order valence-electron chi connectivity index (χ0n) is 12.3. The Morgan fingerprint density at radius 1 is 1.43 bits per heavy atom. The van der Waals surface area contributed by atoms with Crippen LogP contribution in [0.4, 0.5) is 11.4 Å². The molecule has 0 aliphatic carbocycles. The molecule has 2 N–H and O–H groups in total. The Bertz CT molecular complexity index is 505. The molecule has 116 valence electrons. The van der Waals surface area contributed by atoms with Crippen molar-refractivity contribution < 1.29 is 14.8 Å². The van der Waals surface area contributed by atoms with Crippen LogP contribution in [0.5, 0.6) is 0 Å². The molecule has 0 radical (unpaired) electrons. The topological polar surface area (TPSA) is 95.7 Å². The van der Waals surface area contributed by atoms with Crippen LogP contribution in [-0.2, 0) is 4.79 Å². The number of hydrogen-bond donors (Lipinski definition) is 2. The Kier molecular flexibility index (Phi) is 6.77. The van der Waals surface area contributed by atoms with Crippen LogP contribution in [0.3, 0.4) is 0 Å². The fourth-order valence-corrected chi connectivity index (χ4v) is 2.00. The van der Waals surface area contributed by atoms with Gasteiger partial charge in [-0.1, -0.05) is 13.0 Å². The van der Waals surface area contributed by atoms with Crippen LogP contribution in [0.2, 0.25) is 0 Å². The Balaban J connectivity index is 2.63. The van der Waals surface area contributed by atoms with Gasteiger partial charge >= 0.3 is 0 Å². The molecule has 1 rings (SSSR count). The summed E-state index contributed by atoms with van der Waals surface area (Å²) in [6, 6.07) is 4.60. The lowest BCUT2D eigenvalue weighted by molar-refractivity contribution is -0.385. The van der Waals surface area contributed by atoms with Crippen molar-refractivity contribution in [3.05, 3.63) is 33.9 Å². The largest absolute Gasteiger partial charge is 0.395 e. The number of anilines is 1. The SMILES string of the molecule is CCN(CCO)CCC(=O)Nc1cccc([N+](=O)[O-])c1C. The molecule has 1 aromatic carbocycles. The van der Waals surface area contributed by atoms with E-state index in [0.717, 1.165) is 6.54 Å². The van der Waals surface area contributed by atoms with Crippen molar-refractivity contribution in [3.63, 3.8) is 0 Å². The molecule has 7 heteroatoms. The van der Waals surface area contributed by atoms with Crippen molar-refractivity contribution in [2.75, 3.05) is 31.6 Å². The molecule has 0 fully saturated rings. The number of hydrogen-bond acceptors (Lipinski definition) is 5. The minimum atomic E-state index is -0.467. The van der Waals surface area contributed by atoms with E-state index in [1.54, 1.807) is 19.1 Å². The third-order valence-electron chi connectivity index (χ3n) is 3.29. The summed E-state index contributed by atoms with van der Waals surface area (Å²) in [6.45, 7) is 5.44. The molecule has 0 bridgehead atoms. The average molecular weight is 295 g/mol. The van der Waals surface area contributed by atoms with E-state index in [1.807, 2.05) is 11.8 Å². The molecular formula is C14H21N3O4. The number of benzene rings is 1. The minimum absolute atomic E-state index is 0.0109. The molecule has 0 aliphatic heterocycles. The molecule has 0 atom stereocenters. The first-order valence-electron chi connectivity index (χ1n) is 6.86. The third-order valence-corrected chi connectivity index (χ3v) is 3.29. The summed E-state index contributed by atoms with van der Waals surface area (Å²) in [4.78, 5) is 24.2. The van der Waals surface area contributed by atoms with Crippen molar-refractivity contribution in [1.29, 1.82) is 0 Å². The first kappa shape index (κ1) is 17.1. The van der Waals surface area contributed by atoms with Crippen LogP contribution >= 0.6 is 0 Å². The number of nitro groups is 1. The molecule has 21 heavy (non-hydrogen) atoms. The van der Waals surface area contributed by atoms with E-state index in [1.165, 1.54) is 6.07 Å². The number of nitrogens with zero attached hydrogens (tertiary/aromatic N) is 2. The molecule has 0 aliphatic rings. The lowest BCUT2D eigenvalue weighted by atomic mass is 10.1. The van der Waals surface area contributed by atoms with E-state index < -0.39 is 4.92 Å². The van der Waals surface area contributed by atoms with Crippen molar-refractivity contribution in [3.8, 4) is 0 Å². The molecular weight excluding hydrogens is 274 g/mol. The summed E-state index contributed by atoms with van der Waals surface area (Å²) < 4.78 is 0. The molecule has 1 aromatic rings. The summed E-state index contributed by atoms with van der Waals surface area (Å²) in [5.41, 5.74) is 0.890. The Labute approximate surface area is 123 Å². The summed E-state index contributed by atoms with van der Waals surface area (Å²) in [5.74, 6) is -0.199. The summed E-state index contributed by atoms with van der Waals surface area (Å²) in [5, 5.41) is 22.4. The maximum Gasteiger partial charge on any atom is 0.274 e. The lowest BCUT2D eigenvalue weighted by Gasteiger charge is -2.18. The van der Waals surface area contributed by atoms with Gasteiger partial charge in [0.25, 0.3) is 5.69 Å². The predicted molar refractivity (Wildman–Crippen MR) is 80.3 cm³/mol. The van der Waals surface area contributed by atoms with E-state index in [4.69, 9.17) is 5.11 Å². The maximum absolute atomic E-state index is 11.9. The zero-order valence-corrected chi connectivity index (χ0v) is 12.3. The fraction of sp³-hybridized carbons (Fsp3) is 0.500. The van der Waals surface area contributed by atoms with E-state index in [9.17, 15) is 14.9 Å². The van der Waals surface area contributed by atoms with Gasteiger partial charge in [-0.05, 0) is 19.5 Å². The number of aliphatic hydroxyl groups is 1.